The van der Waals surface area contributed by atoms with Crippen molar-refractivity contribution in [1.29, 1.82) is 0 Å². The van der Waals surface area contributed by atoms with Crippen LogP contribution >= 0.6 is 15.9 Å². The number of halogens is 1. The molecule has 9 nitrogen and oxygen atoms in total. The molecule has 0 aliphatic rings. The van der Waals surface area contributed by atoms with Crippen LogP contribution in [0, 0.1) is 0 Å². The van der Waals surface area contributed by atoms with Crippen LogP contribution in [-0.4, -0.2) is 44.0 Å². The van der Waals surface area contributed by atoms with E-state index in [4.69, 9.17) is 4.74 Å². The van der Waals surface area contributed by atoms with Crippen LogP contribution in [0.4, 0.5) is 5.95 Å². The molecule has 2 aromatic heterocycles. The molecule has 0 saturated carbocycles. The van der Waals surface area contributed by atoms with Crippen LogP contribution in [0.25, 0.3) is 11.2 Å². The minimum absolute atomic E-state index is 0.0206. The van der Waals surface area contributed by atoms with Crippen molar-refractivity contribution in [1.82, 2.24) is 19.1 Å². The van der Waals surface area contributed by atoms with E-state index in [9.17, 15) is 14.7 Å². The van der Waals surface area contributed by atoms with Gasteiger partial charge in [-0.3, -0.25) is 14.3 Å². The summed E-state index contributed by atoms with van der Waals surface area (Å²) in [6.45, 7) is 0.608. The highest BCUT2D eigenvalue weighted by Crippen LogP contribution is 2.21. The fraction of sp³-hybridized carbons (Fsp3) is 0.261. The summed E-state index contributed by atoms with van der Waals surface area (Å²) in [5.41, 5.74) is 0.421. The molecule has 0 radical (unpaired) electrons. The summed E-state index contributed by atoms with van der Waals surface area (Å²) in [4.78, 5) is 33.6. The molecular weight excluding hydrogens is 490 g/mol. The van der Waals surface area contributed by atoms with Crippen LogP contribution in [0.2, 0.25) is 0 Å². The molecule has 0 unspecified atom stereocenters. The number of aromatic nitrogens is 4. The highest BCUT2D eigenvalue weighted by Gasteiger charge is 2.22. The number of nitrogens with one attached hydrogen (secondary N) is 1. The van der Waals surface area contributed by atoms with Crippen LogP contribution in [0.1, 0.15) is 5.56 Å². The molecule has 2 heterocycles. The number of H-pyrrole nitrogens is 1. The predicted octanol–water partition coefficient (Wildman–Crippen LogP) is 2.26. The number of ether oxygens (including phenoxy) is 1. The van der Waals surface area contributed by atoms with Gasteiger partial charge in [-0.05, 0) is 29.8 Å². The quantitative estimate of drug-likeness (QED) is 0.374. The Bertz CT molecular complexity index is 1360. The maximum Gasteiger partial charge on any atom is 0.329 e. The smallest absolute Gasteiger partial charge is 0.329 e. The van der Waals surface area contributed by atoms with E-state index in [1.165, 1.54) is 4.57 Å². The molecular formula is C23H24BrN5O4. The molecule has 2 N–H and O–H groups in total. The molecule has 0 aliphatic carbocycles. The number of fused-ring (bicyclic) bond motifs is 1. The Morgan fingerprint density at radius 3 is 2.55 bits per heavy atom. The second-order valence-electron chi connectivity index (χ2n) is 7.77. The van der Waals surface area contributed by atoms with Gasteiger partial charge in [-0.1, -0.05) is 46.3 Å². The molecule has 0 amide bonds. The molecule has 172 valence electrons. The lowest BCUT2D eigenvalue weighted by atomic mass is 10.2. The first kappa shape index (κ1) is 22.8. The Kier molecular flexibility index (Phi) is 6.66. The van der Waals surface area contributed by atoms with Crippen molar-refractivity contribution in [3.8, 4) is 5.75 Å². The van der Waals surface area contributed by atoms with Gasteiger partial charge in [0.15, 0.2) is 11.2 Å². The van der Waals surface area contributed by atoms with Crippen molar-refractivity contribution < 1.29 is 9.84 Å². The van der Waals surface area contributed by atoms with Crippen molar-refractivity contribution in [3.05, 3.63) is 85.5 Å². The SMILES string of the molecule is CN(Cc1ccccc1)c1nc2c(c(=O)[nH]c(=O)n2C)n1C[C@H](O)COc1ccc(Br)cc1. The van der Waals surface area contributed by atoms with Gasteiger partial charge in [-0.15, -0.1) is 0 Å². The molecule has 4 rings (SSSR count). The molecule has 1 atom stereocenters. The van der Waals surface area contributed by atoms with Crippen LogP contribution < -0.4 is 20.9 Å². The first-order chi connectivity index (χ1) is 15.8. The normalized spacial score (nSPS) is 12.1. The Hall–Kier alpha value is -3.37. The molecule has 2 aromatic carbocycles. The summed E-state index contributed by atoms with van der Waals surface area (Å²) in [6, 6.07) is 17.1. The highest BCUT2D eigenvalue weighted by atomic mass is 79.9. The third kappa shape index (κ3) is 5.01. The maximum atomic E-state index is 12.7. The van der Waals surface area contributed by atoms with E-state index < -0.39 is 17.4 Å². The summed E-state index contributed by atoms with van der Waals surface area (Å²) in [6.07, 6.45) is -0.924. The average molecular weight is 514 g/mol. The molecule has 0 spiro atoms. The van der Waals surface area contributed by atoms with E-state index in [0.717, 1.165) is 10.0 Å². The number of imidazole rings is 1. The third-order valence-corrected chi connectivity index (χ3v) is 5.77. The number of aryl methyl sites for hydroxylation is 1. The van der Waals surface area contributed by atoms with E-state index in [0.29, 0.717) is 18.2 Å². The Labute approximate surface area is 198 Å². The van der Waals surface area contributed by atoms with Gasteiger partial charge in [-0.25, -0.2) is 4.79 Å². The number of anilines is 1. The minimum Gasteiger partial charge on any atom is -0.491 e. The van der Waals surface area contributed by atoms with E-state index >= 15 is 0 Å². The average Bonchev–Trinajstić information content (AvgIpc) is 3.18. The fourth-order valence-corrected chi connectivity index (χ4v) is 3.87. The second kappa shape index (κ2) is 9.63. The molecule has 0 bridgehead atoms. The lowest BCUT2D eigenvalue weighted by Crippen LogP contribution is -2.31. The predicted molar refractivity (Wildman–Crippen MR) is 130 cm³/mol. The van der Waals surface area contributed by atoms with Gasteiger partial charge >= 0.3 is 5.69 Å². The zero-order valence-corrected chi connectivity index (χ0v) is 19.8. The van der Waals surface area contributed by atoms with Crippen LogP contribution in [-0.2, 0) is 20.1 Å². The number of rotatable bonds is 8. The standard InChI is InChI=1S/C23H24BrN5O4/c1-27(12-15-6-4-3-5-7-15)22-25-20-19(21(31)26-23(32)28(20)2)29(22)13-17(30)14-33-18-10-8-16(24)9-11-18/h3-11,17,30H,12-14H2,1-2H3,(H,26,31,32)/t17-/m0/s1. The van der Waals surface area contributed by atoms with Gasteiger partial charge in [-0.2, -0.15) is 4.98 Å². The fourth-order valence-electron chi connectivity index (χ4n) is 3.60. The summed E-state index contributed by atoms with van der Waals surface area (Å²) in [5.74, 6) is 1.08. The monoisotopic (exact) mass is 513 g/mol. The van der Waals surface area contributed by atoms with Crippen LogP contribution in [0.15, 0.2) is 68.7 Å². The summed E-state index contributed by atoms with van der Waals surface area (Å²) in [7, 11) is 3.40. The Morgan fingerprint density at radius 1 is 1.15 bits per heavy atom. The minimum atomic E-state index is -0.924. The second-order valence-corrected chi connectivity index (χ2v) is 8.69. The number of aromatic amines is 1. The zero-order chi connectivity index (χ0) is 23.5. The lowest BCUT2D eigenvalue weighted by Gasteiger charge is -2.21. The van der Waals surface area contributed by atoms with Crippen molar-refractivity contribution in [2.45, 2.75) is 19.2 Å². The van der Waals surface area contributed by atoms with E-state index in [1.54, 1.807) is 23.7 Å². The summed E-state index contributed by atoms with van der Waals surface area (Å²) < 4.78 is 9.54. The molecule has 0 aliphatic heterocycles. The highest BCUT2D eigenvalue weighted by molar-refractivity contribution is 9.10. The van der Waals surface area contributed by atoms with Gasteiger partial charge in [0.05, 0.1) is 6.54 Å². The van der Waals surface area contributed by atoms with Gasteiger partial charge in [0, 0.05) is 25.1 Å². The number of hydrogen-bond donors (Lipinski definition) is 2. The number of aliphatic hydroxyl groups is 1. The van der Waals surface area contributed by atoms with Gasteiger partial charge in [0.1, 0.15) is 18.5 Å². The van der Waals surface area contributed by atoms with Crippen molar-refractivity contribution in [2.24, 2.45) is 7.05 Å². The van der Waals surface area contributed by atoms with E-state index in [-0.39, 0.29) is 24.3 Å². The van der Waals surface area contributed by atoms with Gasteiger partial charge in [0.25, 0.3) is 5.56 Å². The maximum absolute atomic E-state index is 12.7. The molecule has 4 aromatic rings. The van der Waals surface area contributed by atoms with Gasteiger partial charge in [0.2, 0.25) is 5.95 Å². The largest absolute Gasteiger partial charge is 0.491 e. The topological polar surface area (TPSA) is 105 Å². The van der Waals surface area contributed by atoms with E-state index in [1.807, 2.05) is 54.4 Å². The van der Waals surface area contributed by atoms with Crippen molar-refractivity contribution >= 4 is 33.0 Å². The zero-order valence-electron chi connectivity index (χ0n) is 18.2. The first-order valence-corrected chi connectivity index (χ1v) is 11.1. The van der Waals surface area contributed by atoms with E-state index in [2.05, 4.69) is 25.9 Å². The van der Waals surface area contributed by atoms with Crippen LogP contribution in [0.5, 0.6) is 5.75 Å². The van der Waals surface area contributed by atoms with Crippen molar-refractivity contribution in [2.75, 3.05) is 18.6 Å². The third-order valence-electron chi connectivity index (χ3n) is 5.24. The van der Waals surface area contributed by atoms with Gasteiger partial charge < -0.3 is 19.3 Å². The number of aliphatic hydroxyl groups excluding tert-OH is 1. The molecule has 0 saturated heterocycles. The first-order valence-electron chi connectivity index (χ1n) is 10.3. The summed E-state index contributed by atoms with van der Waals surface area (Å²) in [5, 5.41) is 10.7. The molecule has 10 heteroatoms. The number of nitrogens with zero attached hydrogens (tertiary/aromatic N) is 4. The number of hydrogen-bond acceptors (Lipinski definition) is 6. The van der Waals surface area contributed by atoms with Crippen molar-refractivity contribution in [3.63, 3.8) is 0 Å². The van der Waals surface area contributed by atoms with Crippen LogP contribution in [0.3, 0.4) is 0 Å². The molecule has 0 fully saturated rings. The number of benzene rings is 2. The lowest BCUT2D eigenvalue weighted by molar-refractivity contribution is 0.0936. The molecule has 33 heavy (non-hydrogen) atoms. The summed E-state index contributed by atoms with van der Waals surface area (Å²) >= 11 is 3.37. The Balaban J connectivity index is 1.66. The Morgan fingerprint density at radius 2 is 1.85 bits per heavy atom.